The molecule has 0 bridgehead atoms. The van der Waals surface area contributed by atoms with Crippen molar-refractivity contribution < 1.29 is 27.9 Å². The highest BCUT2D eigenvalue weighted by molar-refractivity contribution is 7.92. The Kier molecular flexibility index (Phi) is 8.10. The maximum atomic E-state index is 12.0. The third-order valence-corrected chi connectivity index (χ3v) is 5.69. The molecule has 0 aliphatic heterocycles. The predicted octanol–water partition coefficient (Wildman–Crippen LogP) is 3.02. The first-order chi connectivity index (χ1) is 14.5. The third kappa shape index (κ3) is 7.03. The van der Waals surface area contributed by atoms with Crippen molar-refractivity contribution in [2.75, 3.05) is 17.0 Å². The molecule has 0 saturated heterocycles. The van der Waals surface area contributed by atoms with Crippen LogP contribution in [-0.2, 0) is 21.4 Å². The summed E-state index contributed by atoms with van der Waals surface area (Å²) in [4.78, 5) is 22.5. The van der Waals surface area contributed by atoms with E-state index in [0.29, 0.717) is 5.56 Å². The lowest BCUT2D eigenvalue weighted by Gasteiger charge is -2.13. The SMILES string of the molecule is CCS(=O)(=O)Nc1cc(C#N)cc(COc2c(Cl)cc(C(=O)NCC(=O)O)cc2Cl)c1. The summed E-state index contributed by atoms with van der Waals surface area (Å²) in [7, 11) is -3.54. The molecule has 0 aliphatic rings. The lowest BCUT2D eigenvalue weighted by Crippen LogP contribution is -2.29. The number of anilines is 1. The molecule has 31 heavy (non-hydrogen) atoms. The zero-order valence-electron chi connectivity index (χ0n) is 16.1. The van der Waals surface area contributed by atoms with E-state index < -0.39 is 28.4 Å². The van der Waals surface area contributed by atoms with Gasteiger partial charge in [0.2, 0.25) is 10.0 Å². The van der Waals surface area contributed by atoms with E-state index in [1.54, 1.807) is 0 Å². The summed E-state index contributed by atoms with van der Waals surface area (Å²) in [6, 6.07) is 8.89. The molecule has 164 valence electrons. The molecule has 0 unspecified atom stereocenters. The van der Waals surface area contributed by atoms with Crippen LogP contribution in [0.25, 0.3) is 0 Å². The van der Waals surface area contributed by atoms with Gasteiger partial charge in [-0.05, 0) is 42.8 Å². The van der Waals surface area contributed by atoms with Crippen LogP contribution in [-0.4, -0.2) is 37.7 Å². The molecule has 2 aromatic rings. The number of carboxylic acids is 1. The van der Waals surface area contributed by atoms with E-state index in [1.165, 1.54) is 37.3 Å². The minimum absolute atomic E-state index is 0.0105. The minimum atomic E-state index is -3.54. The van der Waals surface area contributed by atoms with Gasteiger partial charge in [0, 0.05) is 5.56 Å². The lowest BCUT2D eigenvalue weighted by atomic mass is 10.1. The molecule has 2 aromatic carbocycles. The number of hydrogen-bond donors (Lipinski definition) is 3. The van der Waals surface area contributed by atoms with Crippen LogP contribution in [0.3, 0.4) is 0 Å². The largest absolute Gasteiger partial charge is 0.486 e. The molecule has 12 heteroatoms. The molecule has 0 heterocycles. The van der Waals surface area contributed by atoms with Crippen LogP contribution < -0.4 is 14.8 Å². The summed E-state index contributed by atoms with van der Waals surface area (Å²) in [5, 5.41) is 20.0. The summed E-state index contributed by atoms with van der Waals surface area (Å²) in [6.07, 6.45) is 0. The highest BCUT2D eigenvalue weighted by atomic mass is 35.5. The van der Waals surface area contributed by atoms with Gasteiger partial charge in [-0.3, -0.25) is 14.3 Å². The zero-order chi connectivity index (χ0) is 23.2. The van der Waals surface area contributed by atoms with Crippen LogP contribution in [0.2, 0.25) is 10.0 Å². The van der Waals surface area contributed by atoms with Gasteiger partial charge in [-0.2, -0.15) is 5.26 Å². The van der Waals surface area contributed by atoms with Crippen LogP contribution in [0.1, 0.15) is 28.4 Å². The minimum Gasteiger partial charge on any atom is -0.486 e. The first kappa shape index (κ1) is 24.3. The number of hydrogen-bond acceptors (Lipinski definition) is 6. The fraction of sp³-hybridized carbons (Fsp3) is 0.211. The Hall–Kier alpha value is -3.00. The van der Waals surface area contributed by atoms with Crippen molar-refractivity contribution in [1.29, 1.82) is 5.26 Å². The standard InChI is InChI=1S/C19H17Cl2N3O6S/c1-2-31(28,29)24-14-4-11(8-22)3-12(5-14)10-30-18-15(20)6-13(7-16(18)21)19(27)23-9-17(25)26/h3-7,24H,2,9-10H2,1H3,(H,23,27)(H,25,26). The average Bonchev–Trinajstić information content (AvgIpc) is 2.70. The highest BCUT2D eigenvalue weighted by Gasteiger charge is 2.16. The Morgan fingerprint density at radius 3 is 2.35 bits per heavy atom. The molecule has 9 nitrogen and oxygen atoms in total. The number of halogens is 2. The number of benzene rings is 2. The van der Waals surface area contributed by atoms with Crippen molar-refractivity contribution in [2.24, 2.45) is 0 Å². The number of nitriles is 1. The molecule has 0 radical (unpaired) electrons. The van der Waals surface area contributed by atoms with Gasteiger partial charge in [0.1, 0.15) is 13.2 Å². The molecule has 3 N–H and O–H groups in total. The summed E-state index contributed by atoms with van der Waals surface area (Å²) >= 11 is 12.3. The number of rotatable bonds is 9. The first-order valence-corrected chi connectivity index (χ1v) is 11.1. The molecule has 0 atom stereocenters. The number of ether oxygens (including phenoxy) is 1. The number of carbonyl (C=O) groups is 2. The van der Waals surface area contributed by atoms with Crippen LogP contribution in [0.4, 0.5) is 5.69 Å². The first-order valence-electron chi connectivity index (χ1n) is 8.71. The smallest absolute Gasteiger partial charge is 0.322 e. The lowest BCUT2D eigenvalue weighted by molar-refractivity contribution is -0.135. The van der Waals surface area contributed by atoms with E-state index in [9.17, 15) is 23.3 Å². The topological polar surface area (TPSA) is 146 Å². The maximum Gasteiger partial charge on any atom is 0.322 e. The highest BCUT2D eigenvalue weighted by Crippen LogP contribution is 2.35. The molecule has 1 amide bonds. The Morgan fingerprint density at radius 1 is 1.16 bits per heavy atom. The van der Waals surface area contributed by atoms with E-state index in [0.717, 1.165) is 0 Å². The fourth-order valence-corrected chi connectivity index (χ4v) is 3.61. The Labute approximate surface area is 188 Å². The van der Waals surface area contributed by atoms with Crippen molar-refractivity contribution in [3.63, 3.8) is 0 Å². The van der Waals surface area contributed by atoms with Crippen molar-refractivity contribution in [3.05, 3.63) is 57.1 Å². The number of aliphatic carboxylic acids is 1. The summed E-state index contributed by atoms with van der Waals surface area (Å²) in [5.41, 5.74) is 0.953. The average molecular weight is 486 g/mol. The molecular weight excluding hydrogens is 469 g/mol. The molecule has 0 spiro atoms. The Balaban J connectivity index is 2.22. The Morgan fingerprint density at radius 2 is 1.81 bits per heavy atom. The maximum absolute atomic E-state index is 12.0. The van der Waals surface area contributed by atoms with Gasteiger partial charge in [-0.1, -0.05) is 23.2 Å². The monoisotopic (exact) mass is 485 g/mol. The van der Waals surface area contributed by atoms with Crippen molar-refractivity contribution in [1.82, 2.24) is 5.32 Å². The second-order valence-corrected chi connectivity index (χ2v) is 9.00. The normalized spacial score (nSPS) is 10.8. The number of nitrogens with zero attached hydrogens (tertiary/aromatic N) is 1. The van der Waals surface area contributed by atoms with E-state index in [-0.39, 0.29) is 45.0 Å². The van der Waals surface area contributed by atoms with Gasteiger partial charge in [-0.15, -0.1) is 0 Å². The molecule has 0 aromatic heterocycles. The van der Waals surface area contributed by atoms with Gasteiger partial charge in [0.05, 0.1) is 33.1 Å². The molecule has 0 saturated carbocycles. The van der Waals surface area contributed by atoms with Crippen molar-refractivity contribution in [2.45, 2.75) is 13.5 Å². The molecule has 0 aliphatic carbocycles. The number of carboxylic acid groups (broad SMARTS) is 1. The Bertz CT molecular complexity index is 1140. The van der Waals surface area contributed by atoms with Crippen LogP contribution >= 0.6 is 23.2 Å². The molecule has 0 fully saturated rings. The summed E-state index contributed by atoms with van der Waals surface area (Å²) < 4.78 is 31.6. The number of carbonyl (C=O) groups excluding carboxylic acids is 1. The quantitative estimate of drug-likeness (QED) is 0.494. The van der Waals surface area contributed by atoms with Crippen LogP contribution in [0.5, 0.6) is 5.75 Å². The summed E-state index contributed by atoms with van der Waals surface area (Å²) in [6.45, 7) is 0.822. The number of amides is 1. The second-order valence-electron chi connectivity index (χ2n) is 6.17. The molecule has 2 rings (SSSR count). The summed E-state index contributed by atoms with van der Waals surface area (Å²) in [5.74, 6) is -1.94. The van der Waals surface area contributed by atoms with E-state index >= 15 is 0 Å². The van der Waals surface area contributed by atoms with Gasteiger partial charge in [0.15, 0.2) is 5.75 Å². The van der Waals surface area contributed by atoms with Gasteiger partial charge < -0.3 is 15.2 Å². The van der Waals surface area contributed by atoms with Crippen molar-refractivity contribution >= 4 is 50.8 Å². The van der Waals surface area contributed by atoms with E-state index in [2.05, 4.69) is 10.0 Å². The van der Waals surface area contributed by atoms with Crippen molar-refractivity contribution in [3.8, 4) is 11.8 Å². The van der Waals surface area contributed by atoms with Gasteiger partial charge in [0.25, 0.3) is 5.91 Å². The van der Waals surface area contributed by atoms with E-state index in [1.807, 2.05) is 6.07 Å². The number of nitrogens with one attached hydrogen (secondary N) is 2. The predicted molar refractivity (Wildman–Crippen MR) is 115 cm³/mol. The fourth-order valence-electron chi connectivity index (χ4n) is 2.39. The second kappa shape index (κ2) is 10.3. The molecular formula is C19H17Cl2N3O6S. The van der Waals surface area contributed by atoms with Gasteiger partial charge in [-0.25, -0.2) is 8.42 Å². The third-order valence-electron chi connectivity index (χ3n) is 3.82. The zero-order valence-corrected chi connectivity index (χ0v) is 18.4. The van der Waals surface area contributed by atoms with Crippen LogP contribution in [0.15, 0.2) is 30.3 Å². The van der Waals surface area contributed by atoms with E-state index in [4.69, 9.17) is 33.0 Å². The van der Waals surface area contributed by atoms with Crippen LogP contribution in [0, 0.1) is 11.3 Å². The number of sulfonamides is 1. The van der Waals surface area contributed by atoms with Gasteiger partial charge >= 0.3 is 5.97 Å².